The Morgan fingerprint density at radius 1 is 1.17 bits per heavy atom. The average molecular weight is 338 g/mol. The van der Waals surface area contributed by atoms with E-state index >= 15 is 0 Å². The molecule has 1 aliphatic rings. The van der Waals surface area contributed by atoms with E-state index in [1.54, 1.807) is 12.1 Å². The lowest BCUT2D eigenvalue weighted by molar-refractivity contribution is -0.133. The van der Waals surface area contributed by atoms with Gasteiger partial charge < -0.3 is 15.1 Å². The van der Waals surface area contributed by atoms with Gasteiger partial charge in [0.15, 0.2) is 0 Å². The fraction of sp³-hybridized carbons (Fsp3) is 0.529. The number of halogens is 1. The number of hydrogen-bond acceptors (Lipinski definition) is 3. The molecule has 5 nitrogen and oxygen atoms in total. The SMILES string of the molecule is CCN1CCN(C(=O)CC(NC(C)=O)c2ccc(Cl)cc2)CC1. The predicted molar refractivity (Wildman–Crippen MR) is 91.3 cm³/mol. The molecule has 1 aromatic rings. The minimum Gasteiger partial charge on any atom is -0.349 e. The van der Waals surface area contributed by atoms with Gasteiger partial charge in [-0.25, -0.2) is 0 Å². The molecule has 1 aromatic carbocycles. The van der Waals surface area contributed by atoms with Crippen molar-refractivity contribution in [2.75, 3.05) is 32.7 Å². The molecular weight excluding hydrogens is 314 g/mol. The van der Waals surface area contributed by atoms with Gasteiger partial charge in [-0.05, 0) is 24.2 Å². The van der Waals surface area contributed by atoms with Crippen molar-refractivity contribution in [3.8, 4) is 0 Å². The molecule has 126 valence electrons. The second kappa shape index (κ2) is 8.31. The third-order valence-electron chi connectivity index (χ3n) is 4.20. The lowest BCUT2D eigenvalue weighted by Gasteiger charge is -2.34. The number of amides is 2. The van der Waals surface area contributed by atoms with Crippen LogP contribution in [0, 0.1) is 0 Å². The molecule has 0 radical (unpaired) electrons. The number of hydrogen-bond donors (Lipinski definition) is 1. The minimum absolute atomic E-state index is 0.0782. The van der Waals surface area contributed by atoms with Crippen LogP contribution in [0.4, 0.5) is 0 Å². The Morgan fingerprint density at radius 2 is 1.78 bits per heavy atom. The second-order valence-electron chi connectivity index (χ2n) is 5.82. The summed E-state index contributed by atoms with van der Waals surface area (Å²) in [5.41, 5.74) is 0.894. The van der Waals surface area contributed by atoms with E-state index < -0.39 is 0 Å². The highest BCUT2D eigenvalue weighted by molar-refractivity contribution is 6.30. The summed E-state index contributed by atoms with van der Waals surface area (Å²) in [6, 6.07) is 6.93. The normalized spacial score (nSPS) is 16.9. The van der Waals surface area contributed by atoms with Crippen molar-refractivity contribution >= 4 is 23.4 Å². The lowest BCUT2D eigenvalue weighted by Crippen LogP contribution is -2.49. The molecule has 1 heterocycles. The quantitative estimate of drug-likeness (QED) is 0.895. The van der Waals surface area contributed by atoms with Crippen LogP contribution in [-0.4, -0.2) is 54.3 Å². The van der Waals surface area contributed by atoms with Crippen LogP contribution in [-0.2, 0) is 9.59 Å². The zero-order valence-electron chi connectivity index (χ0n) is 13.7. The van der Waals surface area contributed by atoms with Crippen molar-refractivity contribution in [3.63, 3.8) is 0 Å². The monoisotopic (exact) mass is 337 g/mol. The summed E-state index contributed by atoms with van der Waals surface area (Å²) < 4.78 is 0. The zero-order chi connectivity index (χ0) is 16.8. The molecule has 1 N–H and O–H groups in total. The fourth-order valence-corrected chi connectivity index (χ4v) is 2.94. The molecule has 6 heteroatoms. The van der Waals surface area contributed by atoms with Crippen LogP contribution < -0.4 is 5.32 Å². The number of nitrogens with one attached hydrogen (secondary N) is 1. The zero-order valence-corrected chi connectivity index (χ0v) is 14.5. The molecule has 23 heavy (non-hydrogen) atoms. The smallest absolute Gasteiger partial charge is 0.225 e. The first-order valence-corrected chi connectivity index (χ1v) is 8.40. The van der Waals surface area contributed by atoms with Crippen LogP contribution in [0.15, 0.2) is 24.3 Å². The summed E-state index contributed by atoms with van der Waals surface area (Å²) in [7, 11) is 0. The van der Waals surface area contributed by atoms with Crippen molar-refractivity contribution < 1.29 is 9.59 Å². The van der Waals surface area contributed by atoms with E-state index in [1.807, 2.05) is 17.0 Å². The standard InChI is InChI=1S/C17H24ClN3O2/c1-3-20-8-10-21(11-9-20)17(23)12-16(19-13(2)22)14-4-6-15(18)7-5-14/h4-7,16H,3,8-12H2,1-2H3,(H,19,22). The number of likely N-dealkylation sites (N-methyl/N-ethyl adjacent to an activating group) is 1. The molecule has 2 amide bonds. The first-order valence-electron chi connectivity index (χ1n) is 8.02. The average Bonchev–Trinajstić information content (AvgIpc) is 2.54. The molecule has 0 bridgehead atoms. The fourth-order valence-electron chi connectivity index (χ4n) is 2.81. The van der Waals surface area contributed by atoms with Gasteiger partial charge in [-0.1, -0.05) is 30.7 Å². The summed E-state index contributed by atoms with van der Waals surface area (Å²) >= 11 is 5.91. The van der Waals surface area contributed by atoms with Crippen LogP contribution in [0.5, 0.6) is 0 Å². The maximum Gasteiger partial charge on any atom is 0.225 e. The molecule has 0 aromatic heterocycles. The maximum atomic E-state index is 12.6. The Labute approximate surface area is 142 Å². The van der Waals surface area contributed by atoms with Crippen molar-refractivity contribution in [1.82, 2.24) is 15.1 Å². The van der Waals surface area contributed by atoms with Crippen LogP contribution in [0.3, 0.4) is 0 Å². The Kier molecular flexibility index (Phi) is 6.42. The Balaban J connectivity index is 2.01. The third kappa shape index (κ3) is 5.22. The van der Waals surface area contributed by atoms with Crippen LogP contribution in [0.25, 0.3) is 0 Å². The maximum absolute atomic E-state index is 12.6. The highest BCUT2D eigenvalue weighted by Crippen LogP contribution is 2.21. The highest BCUT2D eigenvalue weighted by atomic mass is 35.5. The number of benzene rings is 1. The number of rotatable bonds is 5. The van der Waals surface area contributed by atoms with E-state index in [0.29, 0.717) is 5.02 Å². The number of piperazine rings is 1. The summed E-state index contributed by atoms with van der Waals surface area (Å²) in [5.74, 6) is -0.0667. The molecule has 1 saturated heterocycles. The van der Waals surface area contributed by atoms with Crippen molar-refractivity contribution in [1.29, 1.82) is 0 Å². The molecule has 0 saturated carbocycles. The van der Waals surface area contributed by atoms with Gasteiger partial charge in [-0.2, -0.15) is 0 Å². The van der Waals surface area contributed by atoms with Crippen LogP contribution in [0.2, 0.25) is 5.02 Å². The second-order valence-corrected chi connectivity index (χ2v) is 6.26. The molecular formula is C17H24ClN3O2. The molecule has 1 atom stereocenters. The van der Waals surface area contributed by atoms with E-state index in [2.05, 4.69) is 17.1 Å². The van der Waals surface area contributed by atoms with E-state index in [4.69, 9.17) is 11.6 Å². The van der Waals surface area contributed by atoms with E-state index in [1.165, 1.54) is 6.92 Å². The molecule has 1 unspecified atom stereocenters. The molecule has 2 rings (SSSR count). The summed E-state index contributed by atoms with van der Waals surface area (Å²) in [4.78, 5) is 28.2. The summed E-state index contributed by atoms with van der Waals surface area (Å²) in [6.07, 6.45) is 0.271. The Morgan fingerprint density at radius 3 is 2.30 bits per heavy atom. The topological polar surface area (TPSA) is 52.6 Å². The van der Waals surface area contributed by atoms with Gasteiger partial charge in [0, 0.05) is 38.1 Å². The number of carbonyl (C=O) groups is 2. The van der Waals surface area contributed by atoms with Gasteiger partial charge in [-0.15, -0.1) is 0 Å². The van der Waals surface area contributed by atoms with Crippen LogP contribution >= 0.6 is 11.6 Å². The van der Waals surface area contributed by atoms with Crippen LogP contribution in [0.1, 0.15) is 31.9 Å². The van der Waals surface area contributed by atoms with Gasteiger partial charge in [0.25, 0.3) is 0 Å². The Bertz CT molecular complexity index is 539. The first-order chi connectivity index (χ1) is 11.0. The van der Waals surface area contributed by atoms with E-state index in [9.17, 15) is 9.59 Å². The number of carbonyl (C=O) groups excluding carboxylic acids is 2. The van der Waals surface area contributed by atoms with Crippen molar-refractivity contribution in [3.05, 3.63) is 34.9 Å². The van der Waals surface area contributed by atoms with Gasteiger partial charge in [0.2, 0.25) is 11.8 Å². The first kappa shape index (κ1) is 17.8. The highest BCUT2D eigenvalue weighted by Gasteiger charge is 2.24. The van der Waals surface area contributed by atoms with Crippen molar-refractivity contribution in [2.24, 2.45) is 0 Å². The predicted octanol–water partition coefficient (Wildman–Crippen LogP) is 2.07. The summed E-state index contributed by atoms with van der Waals surface area (Å²) in [6.45, 7) is 7.93. The Hall–Kier alpha value is -1.59. The van der Waals surface area contributed by atoms with E-state index in [-0.39, 0.29) is 24.3 Å². The molecule has 1 aliphatic heterocycles. The van der Waals surface area contributed by atoms with Gasteiger partial charge in [-0.3, -0.25) is 9.59 Å². The number of nitrogens with zero attached hydrogens (tertiary/aromatic N) is 2. The molecule has 0 spiro atoms. The van der Waals surface area contributed by atoms with Gasteiger partial charge in [0.1, 0.15) is 0 Å². The lowest BCUT2D eigenvalue weighted by atomic mass is 10.0. The summed E-state index contributed by atoms with van der Waals surface area (Å²) in [5, 5.41) is 3.50. The largest absolute Gasteiger partial charge is 0.349 e. The van der Waals surface area contributed by atoms with Gasteiger partial charge in [0.05, 0.1) is 12.5 Å². The minimum atomic E-state index is -0.318. The van der Waals surface area contributed by atoms with Gasteiger partial charge >= 0.3 is 0 Å². The van der Waals surface area contributed by atoms with E-state index in [0.717, 1.165) is 38.3 Å². The molecule has 1 fully saturated rings. The third-order valence-corrected chi connectivity index (χ3v) is 4.45. The van der Waals surface area contributed by atoms with Crippen molar-refractivity contribution in [2.45, 2.75) is 26.3 Å². The molecule has 0 aliphatic carbocycles.